The van der Waals surface area contributed by atoms with E-state index in [4.69, 9.17) is 4.98 Å². The number of imide groups is 1. The molecule has 32 heavy (non-hydrogen) atoms. The van der Waals surface area contributed by atoms with Gasteiger partial charge in [-0.1, -0.05) is 36.4 Å². The first kappa shape index (κ1) is 19.0. The summed E-state index contributed by atoms with van der Waals surface area (Å²) in [6.45, 7) is 0.359. The largest absolute Gasteiger partial charge is 0.327 e. The van der Waals surface area contributed by atoms with Gasteiger partial charge in [0.2, 0.25) is 11.8 Å². The van der Waals surface area contributed by atoms with Gasteiger partial charge in [-0.2, -0.15) is 0 Å². The second-order valence-corrected chi connectivity index (χ2v) is 8.72. The number of hydrogen-bond donors (Lipinski definition) is 1. The zero-order valence-corrected chi connectivity index (χ0v) is 17.5. The highest BCUT2D eigenvalue weighted by molar-refractivity contribution is 6.05. The van der Waals surface area contributed by atoms with Crippen molar-refractivity contribution in [2.75, 3.05) is 0 Å². The lowest BCUT2D eigenvalue weighted by atomic mass is 10.0. The molecule has 1 saturated carbocycles. The first-order chi connectivity index (χ1) is 15.6. The van der Waals surface area contributed by atoms with Gasteiger partial charge in [0.05, 0.1) is 17.7 Å². The third kappa shape index (κ3) is 3.04. The first-order valence-corrected chi connectivity index (χ1v) is 11.0. The molecule has 0 bridgehead atoms. The average Bonchev–Trinajstić information content (AvgIpc) is 3.47. The molecule has 0 radical (unpaired) electrons. The van der Waals surface area contributed by atoms with Crippen molar-refractivity contribution >= 4 is 17.7 Å². The maximum atomic E-state index is 13.0. The zero-order valence-electron chi connectivity index (χ0n) is 17.5. The number of piperidine rings is 1. The minimum absolute atomic E-state index is 0.159. The summed E-state index contributed by atoms with van der Waals surface area (Å²) in [5, 5.41) is 2.35. The standard InChI is InChI=1S/C25H22N4O3/c30-21-11-10-20(24(31)27-21)28-13-17-12-16(6-9-19(17)25(28)32)22-23(15-4-2-1-3-5-15)29(14-26-22)18-7-8-18/h1-6,9,12,14,18,20H,7-8,10-11,13H2,(H,27,30,31). The lowest BCUT2D eigenvalue weighted by molar-refractivity contribution is -0.136. The maximum Gasteiger partial charge on any atom is 0.255 e. The Balaban J connectivity index is 1.36. The van der Waals surface area contributed by atoms with Crippen molar-refractivity contribution in [1.29, 1.82) is 0 Å². The molecule has 1 aliphatic carbocycles. The van der Waals surface area contributed by atoms with E-state index in [-0.39, 0.29) is 18.2 Å². The van der Waals surface area contributed by atoms with Crippen LogP contribution in [-0.2, 0) is 16.1 Å². The van der Waals surface area contributed by atoms with Crippen LogP contribution in [-0.4, -0.2) is 38.2 Å². The number of carbonyl (C=O) groups excluding carboxylic acids is 3. The van der Waals surface area contributed by atoms with Gasteiger partial charge < -0.3 is 9.47 Å². The topological polar surface area (TPSA) is 84.3 Å². The highest BCUT2D eigenvalue weighted by atomic mass is 16.2. The fraction of sp³-hybridized carbons (Fsp3) is 0.280. The molecule has 3 aliphatic rings. The molecule has 3 heterocycles. The molecule has 1 saturated heterocycles. The minimum Gasteiger partial charge on any atom is -0.327 e. The Kier molecular flexibility index (Phi) is 4.24. The molecule has 1 aromatic heterocycles. The van der Waals surface area contributed by atoms with Crippen molar-refractivity contribution in [3.05, 3.63) is 66.0 Å². The predicted molar refractivity (Wildman–Crippen MR) is 117 cm³/mol. The summed E-state index contributed by atoms with van der Waals surface area (Å²) in [6.07, 6.45) is 4.86. The minimum atomic E-state index is -0.606. The van der Waals surface area contributed by atoms with Crippen LogP contribution in [0, 0.1) is 0 Å². The van der Waals surface area contributed by atoms with Gasteiger partial charge in [-0.25, -0.2) is 4.98 Å². The number of carbonyl (C=O) groups is 3. The van der Waals surface area contributed by atoms with Crippen LogP contribution in [0.25, 0.3) is 22.5 Å². The summed E-state index contributed by atoms with van der Waals surface area (Å²) in [5.41, 5.74) is 5.57. The smallest absolute Gasteiger partial charge is 0.255 e. The highest BCUT2D eigenvalue weighted by Gasteiger charge is 2.39. The number of hydrogen-bond acceptors (Lipinski definition) is 4. The quantitative estimate of drug-likeness (QED) is 0.649. The second kappa shape index (κ2) is 7.15. The number of imidazole rings is 1. The fourth-order valence-electron chi connectivity index (χ4n) is 4.81. The first-order valence-electron chi connectivity index (χ1n) is 11.0. The Morgan fingerprint density at radius 1 is 0.938 bits per heavy atom. The van der Waals surface area contributed by atoms with Gasteiger partial charge in [-0.3, -0.25) is 19.7 Å². The molecule has 2 aromatic carbocycles. The molecule has 7 nitrogen and oxygen atoms in total. The molecule has 160 valence electrons. The number of aromatic nitrogens is 2. The Morgan fingerprint density at radius 2 is 1.75 bits per heavy atom. The van der Waals surface area contributed by atoms with Crippen LogP contribution in [0.15, 0.2) is 54.9 Å². The number of rotatable bonds is 4. The van der Waals surface area contributed by atoms with Crippen molar-refractivity contribution in [3.8, 4) is 22.5 Å². The summed E-state index contributed by atoms with van der Waals surface area (Å²) in [5.74, 6) is -0.831. The molecular formula is C25H22N4O3. The third-order valence-electron chi connectivity index (χ3n) is 6.58. The number of amides is 3. The van der Waals surface area contributed by atoms with Crippen LogP contribution in [0.1, 0.15) is 47.6 Å². The molecule has 1 unspecified atom stereocenters. The van der Waals surface area contributed by atoms with Crippen LogP contribution in [0.5, 0.6) is 0 Å². The summed E-state index contributed by atoms with van der Waals surface area (Å²) in [6, 6.07) is 15.9. The number of nitrogens with zero attached hydrogens (tertiary/aromatic N) is 3. The monoisotopic (exact) mass is 426 g/mol. The van der Waals surface area contributed by atoms with Gasteiger partial charge in [0, 0.05) is 35.7 Å². The Morgan fingerprint density at radius 3 is 2.50 bits per heavy atom. The van der Waals surface area contributed by atoms with Gasteiger partial charge in [0.1, 0.15) is 6.04 Å². The van der Waals surface area contributed by atoms with Gasteiger partial charge >= 0.3 is 0 Å². The Hall–Kier alpha value is -3.74. The van der Waals surface area contributed by atoms with Crippen molar-refractivity contribution in [2.24, 2.45) is 0 Å². The van der Waals surface area contributed by atoms with Crippen LogP contribution >= 0.6 is 0 Å². The van der Waals surface area contributed by atoms with E-state index in [0.29, 0.717) is 24.6 Å². The Bertz CT molecular complexity index is 1260. The summed E-state index contributed by atoms with van der Waals surface area (Å²) in [7, 11) is 0. The van der Waals surface area contributed by atoms with E-state index in [1.165, 1.54) is 0 Å². The van der Waals surface area contributed by atoms with Crippen molar-refractivity contribution < 1.29 is 14.4 Å². The van der Waals surface area contributed by atoms with E-state index in [1.807, 2.05) is 42.7 Å². The second-order valence-electron chi connectivity index (χ2n) is 8.72. The molecule has 1 N–H and O–H groups in total. The predicted octanol–water partition coefficient (Wildman–Crippen LogP) is 3.31. The SMILES string of the molecule is O=C1CCC(N2Cc3cc(-c4ncn(C5CC5)c4-c4ccccc4)ccc3C2=O)C(=O)N1. The molecular weight excluding hydrogens is 404 g/mol. The van der Waals surface area contributed by atoms with E-state index >= 15 is 0 Å². The number of nitrogens with one attached hydrogen (secondary N) is 1. The van der Waals surface area contributed by atoms with E-state index < -0.39 is 11.9 Å². The van der Waals surface area contributed by atoms with Crippen LogP contribution in [0.4, 0.5) is 0 Å². The molecule has 2 aliphatic heterocycles. The van der Waals surface area contributed by atoms with Crippen LogP contribution < -0.4 is 5.32 Å². The third-order valence-corrected chi connectivity index (χ3v) is 6.58. The summed E-state index contributed by atoms with van der Waals surface area (Å²) < 4.78 is 2.26. The maximum absolute atomic E-state index is 13.0. The van der Waals surface area contributed by atoms with Crippen molar-refractivity contribution in [1.82, 2.24) is 19.8 Å². The van der Waals surface area contributed by atoms with E-state index in [1.54, 1.807) is 4.90 Å². The van der Waals surface area contributed by atoms with Crippen LogP contribution in [0.3, 0.4) is 0 Å². The molecule has 0 spiro atoms. The summed E-state index contributed by atoms with van der Waals surface area (Å²) in [4.78, 5) is 43.1. The van der Waals surface area contributed by atoms with Crippen LogP contribution in [0.2, 0.25) is 0 Å². The zero-order chi connectivity index (χ0) is 21.8. The molecule has 7 heteroatoms. The lowest BCUT2D eigenvalue weighted by Gasteiger charge is -2.29. The molecule has 3 aromatic rings. The summed E-state index contributed by atoms with van der Waals surface area (Å²) >= 11 is 0. The Labute approximate surface area is 185 Å². The van der Waals surface area contributed by atoms with E-state index in [2.05, 4.69) is 22.0 Å². The van der Waals surface area contributed by atoms with Gasteiger partial charge in [-0.15, -0.1) is 0 Å². The average molecular weight is 426 g/mol. The van der Waals surface area contributed by atoms with E-state index in [0.717, 1.165) is 40.9 Å². The van der Waals surface area contributed by atoms with Gasteiger partial charge in [-0.05, 0) is 37.0 Å². The lowest BCUT2D eigenvalue weighted by Crippen LogP contribution is -2.52. The van der Waals surface area contributed by atoms with E-state index in [9.17, 15) is 14.4 Å². The molecule has 3 amide bonds. The van der Waals surface area contributed by atoms with Crippen molar-refractivity contribution in [2.45, 2.75) is 44.3 Å². The normalized spacial score (nSPS) is 20.4. The highest BCUT2D eigenvalue weighted by Crippen LogP contribution is 2.42. The molecule has 6 rings (SSSR count). The van der Waals surface area contributed by atoms with Gasteiger partial charge in [0.15, 0.2) is 0 Å². The van der Waals surface area contributed by atoms with Crippen molar-refractivity contribution in [3.63, 3.8) is 0 Å². The molecule has 2 fully saturated rings. The molecule has 1 atom stereocenters. The fourth-order valence-corrected chi connectivity index (χ4v) is 4.81. The van der Waals surface area contributed by atoms with Gasteiger partial charge in [0.25, 0.3) is 5.91 Å². The number of benzene rings is 2. The number of fused-ring (bicyclic) bond motifs is 1.